The van der Waals surface area contributed by atoms with Crippen LogP contribution in [0.1, 0.15) is 34.5 Å². The van der Waals surface area contributed by atoms with Crippen LogP contribution in [0.3, 0.4) is 0 Å². The molecule has 1 saturated heterocycles. The number of nitrogens with one attached hydrogen (secondary N) is 1. The largest absolute Gasteiger partial charge is 0.496 e. The van der Waals surface area contributed by atoms with Gasteiger partial charge in [0.1, 0.15) is 5.75 Å². The zero-order chi connectivity index (χ0) is 21.0. The molecule has 0 aliphatic carbocycles. The molecule has 0 unspecified atom stereocenters. The Hall–Kier alpha value is -2.42. The van der Waals surface area contributed by atoms with Crippen molar-refractivity contribution >= 4 is 15.9 Å². The maximum atomic E-state index is 12.9. The number of ether oxygens (including phenoxy) is 2. The molecule has 2 aromatic carbocycles. The van der Waals surface area contributed by atoms with Crippen molar-refractivity contribution in [3.8, 4) is 5.75 Å². The summed E-state index contributed by atoms with van der Waals surface area (Å²) < 4.78 is 39.1. The van der Waals surface area contributed by atoms with E-state index in [0.717, 1.165) is 11.1 Å². The summed E-state index contributed by atoms with van der Waals surface area (Å²) in [7, 11) is -2.37. The second-order valence-corrected chi connectivity index (χ2v) is 8.73. The van der Waals surface area contributed by atoms with Gasteiger partial charge in [-0.15, -0.1) is 0 Å². The van der Waals surface area contributed by atoms with Gasteiger partial charge in [-0.3, -0.25) is 4.79 Å². The molecular weight excluding hydrogens is 392 g/mol. The Labute approximate surface area is 171 Å². The highest BCUT2D eigenvalue weighted by molar-refractivity contribution is 7.89. The average Bonchev–Trinajstić information content (AvgIpc) is 2.73. The lowest BCUT2D eigenvalue weighted by atomic mass is 10.1. The molecular formula is C21H26N2O5S. The fourth-order valence-corrected chi connectivity index (χ4v) is 4.44. The number of carbonyl (C=O) groups is 1. The van der Waals surface area contributed by atoms with E-state index in [1.807, 2.05) is 31.2 Å². The number of nitrogens with zero attached hydrogens (tertiary/aromatic N) is 1. The van der Waals surface area contributed by atoms with E-state index in [4.69, 9.17) is 9.47 Å². The van der Waals surface area contributed by atoms with Crippen LogP contribution >= 0.6 is 0 Å². The molecule has 1 fully saturated rings. The highest BCUT2D eigenvalue weighted by atomic mass is 32.2. The van der Waals surface area contributed by atoms with Gasteiger partial charge in [-0.05, 0) is 37.6 Å². The first-order valence-electron chi connectivity index (χ1n) is 9.46. The molecule has 1 N–H and O–H groups in total. The molecule has 2 aromatic rings. The minimum absolute atomic E-state index is 0.0221. The zero-order valence-electron chi connectivity index (χ0n) is 16.8. The van der Waals surface area contributed by atoms with E-state index in [-0.39, 0.29) is 16.4 Å². The number of rotatable bonds is 6. The third kappa shape index (κ3) is 4.95. The van der Waals surface area contributed by atoms with Gasteiger partial charge in [0.05, 0.1) is 30.8 Å². The lowest BCUT2D eigenvalue weighted by Gasteiger charge is -2.27. The van der Waals surface area contributed by atoms with Crippen molar-refractivity contribution in [2.75, 3.05) is 33.4 Å². The molecule has 0 spiro atoms. The molecule has 0 saturated carbocycles. The third-order valence-electron chi connectivity index (χ3n) is 4.92. The van der Waals surface area contributed by atoms with Crippen molar-refractivity contribution in [3.05, 3.63) is 59.2 Å². The molecule has 1 atom stereocenters. The second-order valence-electron chi connectivity index (χ2n) is 7.02. The van der Waals surface area contributed by atoms with E-state index in [2.05, 4.69) is 4.72 Å². The Morgan fingerprint density at radius 1 is 1.14 bits per heavy atom. The first-order valence-corrected chi connectivity index (χ1v) is 10.9. The summed E-state index contributed by atoms with van der Waals surface area (Å²) in [5.41, 5.74) is 2.18. The fourth-order valence-electron chi connectivity index (χ4n) is 3.18. The van der Waals surface area contributed by atoms with Crippen molar-refractivity contribution in [3.63, 3.8) is 0 Å². The SMILES string of the molecule is COc1ccc(S(=O)(=O)N[C@H](C)c2ccc(C)cc2)cc1C(=O)N1CCOCC1. The predicted molar refractivity (Wildman–Crippen MR) is 110 cm³/mol. The first kappa shape index (κ1) is 21.3. The standard InChI is InChI=1S/C21H26N2O5S/c1-15-4-6-17(7-5-15)16(2)22-29(25,26)18-8-9-20(27-3)19(14-18)21(24)23-10-12-28-13-11-23/h4-9,14,16,22H,10-13H2,1-3H3/t16-/m1/s1. The van der Waals surface area contributed by atoms with Gasteiger partial charge < -0.3 is 14.4 Å². The highest BCUT2D eigenvalue weighted by Gasteiger charge is 2.25. The monoisotopic (exact) mass is 418 g/mol. The summed E-state index contributed by atoms with van der Waals surface area (Å²) in [6.07, 6.45) is 0. The molecule has 156 valence electrons. The number of hydrogen-bond acceptors (Lipinski definition) is 5. The minimum Gasteiger partial charge on any atom is -0.496 e. The number of hydrogen-bond donors (Lipinski definition) is 1. The Morgan fingerprint density at radius 2 is 1.79 bits per heavy atom. The Bertz CT molecular complexity index is 967. The first-order chi connectivity index (χ1) is 13.8. The number of benzene rings is 2. The van der Waals surface area contributed by atoms with Crippen LogP contribution in [0.25, 0.3) is 0 Å². The Balaban J connectivity index is 1.86. The topological polar surface area (TPSA) is 84.9 Å². The van der Waals surface area contributed by atoms with Crippen molar-refractivity contribution in [1.29, 1.82) is 0 Å². The van der Waals surface area contributed by atoms with E-state index in [0.29, 0.717) is 32.1 Å². The van der Waals surface area contributed by atoms with Crippen LogP contribution in [0.2, 0.25) is 0 Å². The summed E-state index contributed by atoms with van der Waals surface area (Å²) >= 11 is 0. The number of sulfonamides is 1. The Morgan fingerprint density at radius 3 is 2.41 bits per heavy atom. The maximum Gasteiger partial charge on any atom is 0.257 e. The molecule has 1 amide bonds. The van der Waals surface area contributed by atoms with Crippen LogP contribution in [-0.4, -0.2) is 52.6 Å². The highest BCUT2D eigenvalue weighted by Crippen LogP contribution is 2.25. The van der Waals surface area contributed by atoms with Crippen LogP contribution < -0.4 is 9.46 Å². The molecule has 29 heavy (non-hydrogen) atoms. The van der Waals surface area contributed by atoms with Crippen LogP contribution in [-0.2, 0) is 14.8 Å². The predicted octanol–water partition coefficient (Wildman–Crippen LogP) is 2.52. The maximum absolute atomic E-state index is 12.9. The van der Waals surface area contributed by atoms with Gasteiger partial charge >= 0.3 is 0 Å². The Kier molecular flexibility index (Phi) is 6.56. The van der Waals surface area contributed by atoms with Gasteiger partial charge in [-0.25, -0.2) is 13.1 Å². The molecule has 8 heteroatoms. The lowest BCUT2D eigenvalue weighted by Crippen LogP contribution is -2.40. The normalized spacial score (nSPS) is 15.8. The number of carbonyl (C=O) groups excluding carboxylic acids is 1. The van der Waals surface area contributed by atoms with Crippen molar-refractivity contribution < 1.29 is 22.7 Å². The van der Waals surface area contributed by atoms with Crippen LogP contribution in [0, 0.1) is 6.92 Å². The van der Waals surface area contributed by atoms with Crippen LogP contribution in [0.5, 0.6) is 5.75 Å². The summed E-state index contributed by atoms with van der Waals surface area (Å²) in [4.78, 5) is 14.6. The van der Waals surface area contributed by atoms with Gasteiger partial charge in [-0.2, -0.15) is 0 Å². The summed E-state index contributed by atoms with van der Waals surface area (Å²) in [6, 6.07) is 11.6. The fraction of sp³-hybridized carbons (Fsp3) is 0.381. The van der Waals surface area contributed by atoms with Crippen molar-refractivity contribution in [2.45, 2.75) is 24.8 Å². The third-order valence-corrected chi connectivity index (χ3v) is 6.46. The summed E-state index contributed by atoms with van der Waals surface area (Å²) in [5.74, 6) is 0.0702. The van der Waals surface area contributed by atoms with Crippen molar-refractivity contribution in [1.82, 2.24) is 9.62 Å². The molecule has 7 nitrogen and oxygen atoms in total. The molecule has 1 heterocycles. The summed E-state index contributed by atoms with van der Waals surface area (Å²) in [5, 5.41) is 0. The van der Waals surface area contributed by atoms with E-state index in [1.54, 1.807) is 11.8 Å². The quantitative estimate of drug-likeness (QED) is 0.779. The minimum atomic E-state index is -3.83. The smallest absolute Gasteiger partial charge is 0.257 e. The molecule has 0 radical (unpaired) electrons. The van der Waals surface area contributed by atoms with Gasteiger partial charge in [0.2, 0.25) is 10.0 Å². The zero-order valence-corrected chi connectivity index (χ0v) is 17.7. The van der Waals surface area contributed by atoms with Gasteiger partial charge in [0, 0.05) is 19.1 Å². The average molecular weight is 419 g/mol. The molecule has 3 rings (SSSR count). The number of aryl methyl sites for hydroxylation is 1. The second kappa shape index (κ2) is 8.94. The van der Waals surface area contributed by atoms with Crippen LogP contribution in [0.4, 0.5) is 0 Å². The number of amides is 1. The molecule has 1 aliphatic rings. The van der Waals surface area contributed by atoms with Gasteiger partial charge in [0.25, 0.3) is 5.91 Å². The number of morpholine rings is 1. The van der Waals surface area contributed by atoms with Crippen LogP contribution in [0.15, 0.2) is 47.4 Å². The van der Waals surface area contributed by atoms with E-state index >= 15 is 0 Å². The lowest BCUT2D eigenvalue weighted by molar-refractivity contribution is 0.0300. The van der Waals surface area contributed by atoms with Crippen molar-refractivity contribution in [2.24, 2.45) is 0 Å². The van der Waals surface area contributed by atoms with E-state index in [1.165, 1.54) is 25.3 Å². The van der Waals surface area contributed by atoms with E-state index < -0.39 is 16.1 Å². The summed E-state index contributed by atoms with van der Waals surface area (Å²) in [6.45, 7) is 5.60. The molecule has 0 aromatic heterocycles. The van der Waals surface area contributed by atoms with Gasteiger partial charge in [-0.1, -0.05) is 29.8 Å². The molecule has 0 bridgehead atoms. The van der Waals surface area contributed by atoms with E-state index in [9.17, 15) is 13.2 Å². The molecule has 1 aliphatic heterocycles. The van der Waals surface area contributed by atoms with Gasteiger partial charge in [0.15, 0.2) is 0 Å². The number of methoxy groups -OCH3 is 1.